The standard InChI is InChI=1S/C25H24F4N4O3/c1-13-11-15(26)4-3-14(13)12-31-23(34)22-19(9-10-30)36-24(33-22)17-5-7-18(35-2)21-16(17)6-8-20(32-21)25(27,28)29/h3-8,15H,9-12,30H2,1-2H3,(H,31,34). The van der Waals surface area contributed by atoms with Crippen molar-refractivity contribution < 1.29 is 31.5 Å². The Balaban J connectivity index is 1.70. The van der Waals surface area contributed by atoms with E-state index in [1.54, 1.807) is 19.1 Å². The Labute approximate surface area is 204 Å². The molecule has 0 spiro atoms. The molecule has 1 aliphatic rings. The number of amides is 1. The van der Waals surface area contributed by atoms with E-state index in [9.17, 15) is 22.4 Å². The number of carbonyl (C=O) groups excluding carboxylic acids is 1. The highest BCUT2D eigenvalue weighted by molar-refractivity contribution is 5.98. The number of pyridine rings is 1. The van der Waals surface area contributed by atoms with Crippen LogP contribution >= 0.6 is 0 Å². The topological polar surface area (TPSA) is 103 Å². The van der Waals surface area contributed by atoms with Gasteiger partial charge in [0.2, 0.25) is 5.89 Å². The van der Waals surface area contributed by atoms with E-state index in [0.717, 1.165) is 17.2 Å². The molecular weight excluding hydrogens is 480 g/mol. The summed E-state index contributed by atoms with van der Waals surface area (Å²) >= 11 is 0. The maximum Gasteiger partial charge on any atom is 0.433 e. The molecule has 1 amide bonds. The third kappa shape index (κ3) is 5.11. The number of methoxy groups -OCH3 is 1. The molecule has 0 saturated carbocycles. The number of nitrogens with one attached hydrogen (secondary N) is 1. The van der Waals surface area contributed by atoms with E-state index in [1.165, 1.54) is 25.3 Å². The first-order chi connectivity index (χ1) is 17.1. The second-order valence-electron chi connectivity index (χ2n) is 8.30. The van der Waals surface area contributed by atoms with Crippen LogP contribution in [-0.2, 0) is 12.6 Å². The molecule has 190 valence electrons. The maximum atomic E-state index is 13.5. The van der Waals surface area contributed by atoms with Gasteiger partial charge in [-0.15, -0.1) is 0 Å². The minimum Gasteiger partial charge on any atom is -0.494 e. The summed E-state index contributed by atoms with van der Waals surface area (Å²) in [7, 11) is 1.33. The highest BCUT2D eigenvalue weighted by Gasteiger charge is 2.33. The van der Waals surface area contributed by atoms with Crippen LogP contribution in [0.1, 0.15) is 35.3 Å². The lowest BCUT2D eigenvalue weighted by atomic mass is 9.98. The summed E-state index contributed by atoms with van der Waals surface area (Å²) in [5.41, 5.74) is 6.58. The smallest absolute Gasteiger partial charge is 0.433 e. The molecule has 0 bridgehead atoms. The van der Waals surface area contributed by atoms with E-state index in [2.05, 4.69) is 15.3 Å². The first-order valence-electron chi connectivity index (χ1n) is 11.2. The lowest BCUT2D eigenvalue weighted by Crippen LogP contribution is -2.28. The van der Waals surface area contributed by atoms with Crippen LogP contribution in [0.4, 0.5) is 17.6 Å². The van der Waals surface area contributed by atoms with E-state index in [0.29, 0.717) is 10.9 Å². The van der Waals surface area contributed by atoms with E-state index >= 15 is 0 Å². The zero-order valence-electron chi connectivity index (χ0n) is 19.6. The number of rotatable bonds is 7. The van der Waals surface area contributed by atoms with Crippen LogP contribution in [0, 0.1) is 0 Å². The monoisotopic (exact) mass is 504 g/mol. The predicted molar refractivity (Wildman–Crippen MR) is 125 cm³/mol. The van der Waals surface area contributed by atoms with Gasteiger partial charge in [0.1, 0.15) is 28.9 Å². The van der Waals surface area contributed by atoms with Crippen LogP contribution in [0.25, 0.3) is 22.4 Å². The molecule has 0 fully saturated rings. The molecule has 7 nitrogen and oxygen atoms in total. The molecule has 2 aromatic heterocycles. The summed E-state index contributed by atoms with van der Waals surface area (Å²) in [5, 5.41) is 3.07. The third-order valence-electron chi connectivity index (χ3n) is 5.84. The van der Waals surface area contributed by atoms with Gasteiger partial charge >= 0.3 is 6.18 Å². The van der Waals surface area contributed by atoms with Gasteiger partial charge in [0, 0.05) is 30.3 Å². The van der Waals surface area contributed by atoms with Gasteiger partial charge in [0.15, 0.2) is 5.69 Å². The molecule has 0 aliphatic heterocycles. The average molecular weight is 504 g/mol. The number of ether oxygens (including phenoxy) is 1. The Morgan fingerprint density at radius 1 is 1.25 bits per heavy atom. The second kappa shape index (κ2) is 10.1. The molecule has 1 atom stereocenters. The van der Waals surface area contributed by atoms with Crippen molar-refractivity contribution in [3.63, 3.8) is 0 Å². The summed E-state index contributed by atoms with van der Waals surface area (Å²) in [5.74, 6) is -0.0975. The van der Waals surface area contributed by atoms with Gasteiger partial charge in [0.25, 0.3) is 5.91 Å². The van der Waals surface area contributed by atoms with Crippen molar-refractivity contribution >= 4 is 16.8 Å². The molecule has 1 aliphatic carbocycles. The molecule has 0 saturated heterocycles. The normalized spacial score (nSPS) is 16.0. The summed E-state index contributed by atoms with van der Waals surface area (Å²) in [6.07, 6.45) is -2.11. The number of carbonyl (C=O) groups is 1. The first-order valence-corrected chi connectivity index (χ1v) is 11.2. The van der Waals surface area contributed by atoms with Gasteiger partial charge < -0.3 is 20.2 Å². The Morgan fingerprint density at radius 2 is 2.03 bits per heavy atom. The lowest BCUT2D eigenvalue weighted by molar-refractivity contribution is -0.140. The highest BCUT2D eigenvalue weighted by Crippen LogP contribution is 2.37. The number of nitrogens with zero attached hydrogens (tertiary/aromatic N) is 2. The molecule has 11 heteroatoms. The fourth-order valence-electron chi connectivity index (χ4n) is 3.97. The second-order valence-corrected chi connectivity index (χ2v) is 8.30. The number of aromatic nitrogens is 2. The molecule has 1 unspecified atom stereocenters. The Hall–Kier alpha value is -3.73. The van der Waals surface area contributed by atoms with Gasteiger partial charge in [-0.25, -0.2) is 14.4 Å². The number of halogens is 4. The quantitative estimate of drug-likeness (QED) is 0.450. The number of hydrogen-bond acceptors (Lipinski definition) is 6. The van der Waals surface area contributed by atoms with Crippen LogP contribution in [-0.4, -0.2) is 42.2 Å². The number of fused-ring (bicyclic) bond motifs is 1. The van der Waals surface area contributed by atoms with Crippen LogP contribution in [0.15, 0.2) is 52.0 Å². The molecule has 3 aromatic rings. The van der Waals surface area contributed by atoms with Crippen molar-refractivity contribution in [3.8, 4) is 17.2 Å². The highest BCUT2D eigenvalue weighted by atomic mass is 19.4. The molecule has 36 heavy (non-hydrogen) atoms. The van der Waals surface area contributed by atoms with Crippen LogP contribution in [0.2, 0.25) is 0 Å². The minimum atomic E-state index is -4.63. The van der Waals surface area contributed by atoms with Crippen molar-refractivity contribution in [1.82, 2.24) is 15.3 Å². The van der Waals surface area contributed by atoms with Gasteiger partial charge in [-0.05, 0) is 43.3 Å². The van der Waals surface area contributed by atoms with Gasteiger partial charge in [-0.2, -0.15) is 13.2 Å². The van der Waals surface area contributed by atoms with E-state index in [1.807, 2.05) is 0 Å². The Kier molecular flexibility index (Phi) is 7.11. The van der Waals surface area contributed by atoms with E-state index < -0.39 is 23.9 Å². The number of alkyl halides is 4. The van der Waals surface area contributed by atoms with Crippen LogP contribution < -0.4 is 15.8 Å². The number of oxazole rings is 1. The van der Waals surface area contributed by atoms with Gasteiger partial charge in [0.05, 0.1) is 7.11 Å². The zero-order valence-corrected chi connectivity index (χ0v) is 19.6. The first kappa shape index (κ1) is 25.4. The lowest BCUT2D eigenvalue weighted by Gasteiger charge is -2.15. The van der Waals surface area contributed by atoms with Gasteiger partial charge in [-0.1, -0.05) is 17.7 Å². The van der Waals surface area contributed by atoms with Crippen LogP contribution in [0.3, 0.4) is 0 Å². The van der Waals surface area contributed by atoms with Crippen LogP contribution in [0.5, 0.6) is 5.75 Å². The van der Waals surface area contributed by atoms with E-state index in [-0.39, 0.29) is 54.5 Å². The summed E-state index contributed by atoms with van der Waals surface area (Å²) in [6.45, 7) is 2.16. The molecule has 1 aromatic carbocycles. The van der Waals surface area contributed by atoms with Crippen molar-refractivity contribution in [3.05, 3.63) is 64.7 Å². The SMILES string of the molecule is COc1ccc(-c2nc(C(=O)NCC3=C(C)CC(F)C=C3)c(CCN)o2)c2ccc(C(F)(F)F)nc12. The molecule has 3 N–H and O–H groups in total. The predicted octanol–water partition coefficient (Wildman–Crippen LogP) is 4.76. The zero-order chi connectivity index (χ0) is 26.0. The Morgan fingerprint density at radius 3 is 2.69 bits per heavy atom. The van der Waals surface area contributed by atoms with E-state index in [4.69, 9.17) is 14.9 Å². The number of allylic oxidation sites excluding steroid dienone is 2. The third-order valence-corrected chi connectivity index (χ3v) is 5.84. The van der Waals surface area contributed by atoms with Crippen molar-refractivity contribution in [2.24, 2.45) is 5.73 Å². The molecular formula is C25H24F4N4O3. The average Bonchev–Trinajstić information content (AvgIpc) is 3.25. The van der Waals surface area contributed by atoms with Gasteiger partial charge in [-0.3, -0.25) is 4.79 Å². The molecule has 2 heterocycles. The fraction of sp³-hybridized carbons (Fsp3) is 0.320. The number of hydrogen-bond donors (Lipinski definition) is 2. The Bertz CT molecular complexity index is 1360. The maximum absolute atomic E-state index is 13.5. The number of nitrogens with two attached hydrogens (primary N) is 1. The summed E-state index contributed by atoms with van der Waals surface area (Å²) in [4.78, 5) is 21.1. The fourth-order valence-corrected chi connectivity index (χ4v) is 3.97. The van der Waals surface area contributed by atoms with Crippen molar-refractivity contribution in [2.45, 2.75) is 32.1 Å². The largest absolute Gasteiger partial charge is 0.494 e. The minimum absolute atomic E-state index is 0.0145. The number of benzene rings is 1. The molecule has 0 radical (unpaired) electrons. The van der Waals surface area contributed by atoms with Crippen molar-refractivity contribution in [2.75, 3.05) is 20.2 Å². The summed E-state index contributed by atoms with van der Waals surface area (Å²) < 4.78 is 64.3. The summed E-state index contributed by atoms with van der Waals surface area (Å²) in [6, 6.07) is 5.15. The molecule has 4 rings (SSSR count). The van der Waals surface area contributed by atoms with Crippen molar-refractivity contribution in [1.29, 1.82) is 0 Å².